The molecule has 1 aromatic heterocycles. The molecule has 0 radical (unpaired) electrons. The van der Waals surface area contributed by atoms with Crippen LogP contribution in [0.4, 0.5) is 0 Å². The molecule has 1 aromatic rings. The summed E-state index contributed by atoms with van der Waals surface area (Å²) in [6.45, 7) is 3.02. The van der Waals surface area contributed by atoms with Crippen LogP contribution in [0.1, 0.15) is 31.5 Å². The van der Waals surface area contributed by atoms with Crippen LogP contribution in [0.15, 0.2) is 16.8 Å². The van der Waals surface area contributed by atoms with Gasteiger partial charge >= 0.3 is 0 Å². The lowest BCUT2D eigenvalue weighted by Crippen LogP contribution is -2.38. The maximum absolute atomic E-state index is 12.7. The third kappa shape index (κ3) is 3.60. The minimum Gasteiger partial charge on any atom is -0.320 e. The van der Waals surface area contributed by atoms with Gasteiger partial charge in [0, 0.05) is 29.1 Å². The quantitative estimate of drug-likeness (QED) is 0.891. The van der Waals surface area contributed by atoms with Crippen molar-refractivity contribution in [2.24, 2.45) is 0 Å². The Kier molecular flexibility index (Phi) is 5.54. The molecule has 0 aliphatic carbocycles. The van der Waals surface area contributed by atoms with E-state index in [2.05, 4.69) is 34.0 Å². The number of thioether (sulfide) groups is 2. The van der Waals surface area contributed by atoms with Gasteiger partial charge in [0.05, 0.1) is 6.04 Å². The molecule has 1 N–H and O–H groups in total. The summed E-state index contributed by atoms with van der Waals surface area (Å²) in [5.41, 5.74) is 1.24. The van der Waals surface area contributed by atoms with Gasteiger partial charge in [0.25, 0.3) is 0 Å². The molecule has 0 saturated carbocycles. The molecule has 0 bridgehead atoms. The summed E-state index contributed by atoms with van der Waals surface area (Å²) in [4.78, 5) is 14.8. The van der Waals surface area contributed by atoms with Crippen molar-refractivity contribution in [1.82, 2.24) is 10.2 Å². The van der Waals surface area contributed by atoms with Crippen LogP contribution in [-0.2, 0) is 4.79 Å². The van der Waals surface area contributed by atoms with Gasteiger partial charge in [-0.25, -0.2) is 0 Å². The summed E-state index contributed by atoms with van der Waals surface area (Å²) in [5.74, 6) is 3.93. The Bertz CT molecular complexity index is 459. The summed E-state index contributed by atoms with van der Waals surface area (Å²) in [5, 5.41) is 8.39. The van der Waals surface area contributed by atoms with E-state index in [0.717, 1.165) is 19.4 Å². The molecule has 21 heavy (non-hydrogen) atoms. The van der Waals surface area contributed by atoms with Gasteiger partial charge in [-0.15, -0.1) is 0 Å². The number of rotatable bonds is 5. The highest BCUT2D eigenvalue weighted by Crippen LogP contribution is 2.32. The van der Waals surface area contributed by atoms with Gasteiger partial charge in [0.2, 0.25) is 5.91 Å². The van der Waals surface area contributed by atoms with Crippen molar-refractivity contribution in [3.05, 3.63) is 22.4 Å². The largest absolute Gasteiger partial charge is 0.320 e. The monoisotopic (exact) mass is 342 g/mol. The average Bonchev–Trinajstić information content (AvgIpc) is 3.12. The Hall–Kier alpha value is -0.170. The summed E-state index contributed by atoms with van der Waals surface area (Å²) in [7, 11) is 0. The van der Waals surface area contributed by atoms with Gasteiger partial charge in [-0.1, -0.05) is 13.3 Å². The number of nitrogens with one attached hydrogen (secondary N) is 1. The Morgan fingerprint density at radius 1 is 1.43 bits per heavy atom. The number of carbonyl (C=O) groups excluding carboxylic acids is 1. The third-order valence-electron chi connectivity index (χ3n) is 3.97. The van der Waals surface area contributed by atoms with Gasteiger partial charge in [0.1, 0.15) is 6.17 Å². The van der Waals surface area contributed by atoms with Crippen LogP contribution in [0.3, 0.4) is 0 Å². The molecule has 3 heterocycles. The number of carbonyl (C=O) groups is 1. The molecule has 3 unspecified atom stereocenters. The van der Waals surface area contributed by atoms with Gasteiger partial charge < -0.3 is 4.90 Å². The maximum Gasteiger partial charge on any atom is 0.241 e. The normalized spacial score (nSPS) is 30.0. The first kappa shape index (κ1) is 15.7. The van der Waals surface area contributed by atoms with E-state index in [1.807, 2.05) is 23.5 Å². The second kappa shape index (κ2) is 7.40. The SMILES string of the molecule is CCCC1NC(c2ccsc2)N(CC2CSCCS2)C1=O. The van der Waals surface area contributed by atoms with E-state index in [1.54, 1.807) is 11.3 Å². The first-order valence-corrected chi connectivity index (χ1v) is 10.7. The highest BCUT2D eigenvalue weighted by Gasteiger charge is 2.40. The first-order chi connectivity index (χ1) is 10.3. The molecule has 116 valence electrons. The van der Waals surface area contributed by atoms with Crippen LogP contribution in [0, 0.1) is 0 Å². The molecular formula is C15H22N2OS3. The minimum absolute atomic E-state index is 0.00106. The van der Waals surface area contributed by atoms with Crippen molar-refractivity contribution >= 4 is 40.8 Å². The lowest BCUT2D eigenvalue weighted by atomic mass is 10.2. The lowest BCUT2D eigenvalue weighted by Gasteiger charge is -2.29. The van der Waals surface area contributed by atoms with Crippen LogP contribution in [0.25, 0.3) is 0 Å². The molecular weight excluding hydrogens is 320 g/mol. The molecule has 2 aliphatic heterocycles. The first-order valence-electron chi connectivity index (χ1n) is 7.57. The predicted octanol–water partition coefficient (Wildman–Crippen LogP) is 3.20. The Morgan fingerprint density at radius 3 is 3.00 bits per heavy atom. The fourth-order valence-electron chi connectivity index (χ4n) is 2.94. The van der Waals surface area contributed by atoms with Crippen LogP contribution >= 0.6 is 34.9 Å². The van der Waals surface area contributed by atoms with Crippen molar-refractivity contribution in [2.45, 2.75) is 37.2 Å². The van der Waals surface area contributed by atoms with Crippen LogP contribution < -0.4 is 5.32 Å². The van der Waals surface area contributed by atoms with Gasteiger partial charge in [-0.2, -0.15) is 34.9 Å². The smallest absolute Gasteiger partial charge is 0.241 e. The molecule has 0 spiro atoms. The molecule has 3 rings (SSSR count). The van der Waals surface area contributed by atoms with Crippen LogP contribution in [0.5, 0.6) is 0 Å². The summed E-state index contributed by atoms with van der Waals surface area (Å²) < 4.78 is 0. The van der Waals surface area contributed by atoms with Crippen LogP contribution in [-0.4, -0.2) is 45.9 Å². The van der Waals surface area contributed by atoms with Crippen LogP contribution in [0.2, 0.25) is 0 Å². The summed E-state index contributed by atoms with van der Waals surface area (Å²) in [6, 6.07) is 2.14. The number of hydrogen-bond donors (Lipinski definition) is 1. The van der Waals surface area contributed by atoms with Gasteiger partial charge in [-0.05, 0) is 28.8 Å². The summed E-state index contributed by atoms with van der Waals surface area (Å²) in [6.07, 6.45) is 2.05. The second-order valence-electron chi connectivity index (χ2n) is 5.53. The fraction of sp³-hybridized carbons (Fsp3) is 0.667. The zero-order valence-electron chi connectivity index (χ0n) is 12.3. The Morgan fingerprint density at radius 2 is 2.33 bits per heavy atom. The highest BCUT2D eigenvalue weighted by atomic mass is 32.2. The lowest BCUT2D eigenvalue weighted by molar-refractivity contribution is -0.130. The topological polar surface area (TPSA) is 32.3 Å². The van der Waals surface area contributed by atoms with Gasteiger partial charge in [0.15, 0.2) is 0 Å². The molecule has 2 aliphatic rings. The predicted molar refractivity (Wildman–Crippen MR) is 94.2 cm³/mol. The van der Waals surface area contributed by atoms with E-state index in [9.17, 15) is 4.79 Å². The minimum atomic E-state index is 0.00106. The summed E-state index contributed by atoms with van der Waals surface area (Å²) >= 11 is 5.75. The van der Waals surface area contributed by atoms with Crippen molar-refractivity contribution in [3.63, 3.8) is 0 Å². The van der Waals surface area contributed by atoms with Crippen molar-refractivity contribution in [2.75, 3.05) is 23.8 Å². The number of nitrogens with zero attached hydrogens (tertiary/aromatic N) is 1. The Labute approximate surface area is 139 Å². The number of thiophene rings is 1. The number of amides is 1. The van der Waals surface area contributed by atoms with E-state index in [0.29, 0.717) is 11.2 Å². The molecule has 6 heteroatoms. The molecule has 0 aromatic carbocycles. The zero-order chi connectivity index (χ0) is 14.7. The van der Waals surface area contributed by atoms with Crippen molar-refractivity contribution in [1.29, 1.82) is 0 Å². The Balaban J connectivity index is 1.74. The fourth-order valence-corrected chi connectivity index (χ4v) is 6.28. The maximum atomic E-state index is 12.7. The number of hydrogen-bond acceptors (Lipinski definition) is 5. The van der Waals surface area contributed by atoms with E-state index in [-0.39, 0.29) is 12.2 Å². The average molecular weight is 343 g/mol. The third-order valence-corrected chi connectivity index (χ3v) is 7.50. The molecule has 1 amide bonds. The van der Waals surface area contributed by atoms with Gasteiger partial charge in [-0.3, -0.25) is 10.1 Å². The van der Waals surface area contributed by atoms with Crippen molar-refractivity contribution in [3.8, 4) is 0 Å². The second-order valence-corrected chi connectivity index (χ2v) is 8.86. The van der Waals surface area contributed by atoms with E-state index in [1.165, 1.54) is 22.8 Å². The van der Waals surface area contributed by atoms with E-state index in [4.69, 9.17) is 0 Å². The zero-order valence-corrected chi connectivity index (χ0v) is 14.7. The molecule has 3 nitrogen and oxygen atoms in total. The standard InChI is InChI=1S/C15H22N2OS3/c1-2-3-13-15(18)17(8-12-10-20-6-7-21-12)14(16-13)11-4-5-19-9-11/h4-5,9,12-14,16H,2-3,6-8,10H2,1H3. The van der Waals surface area contributed by atoms with Crippen molar-refractivity contribution < 1.29 is 4.79 Å². The molecule has 2 fully saturated rings. The van der Waals surface area contributed by atoms with E-state index >= 15 is 0 Å². The molecule has 2 saturated heterocycles. The highest BCUT2D eigenvalue weighted by molar-refractivity contribution is 8.06. The molecule has 3 atom stereocenters. The van der Waals surface area contributed by atoms with E-state index < -0.39 is 0 Å².